The second-order valence-corrected chi connectivity index (χ2v) is 5.92. The molecule has 0 spiro atoms. The molecule has 1 rings (SSSR count). The van der Waals surface area contributed by atoms with Gasteiger partial charge in [0.05, 0.1) is 6.61 Å². The summed E-state index contributed by atoms with van der Waals surface area (Å²) in [6.07, 6.45) is 7.37. The monoisotopic (exact) mass is 391 g/mol. The zero-order chi connectivity index (χ0) is 17.3. The van der Waals surface area contributed by atoms with Crippen LogP contribution in [0.25, 0.3) is 0 Å². The van der Waals surface area contributed by atoms with Gasteiger partial charge >= 0.3 is 16.4 Å². The number of rotatable bonds is 11. The number of hydrogen-bond acceptors (Lipinski definition) is 8. The van der Waals surface area contributed by atoms with Crippen LogP contribution in [0.15, 0.2) is 6.33 Å². The fraction of sp³-hybridized carbons (Fsp3) is 0.750. The third-order valence-corrected chi connectivity index (χ3v) is 3.98. The van der Waals surface area contributed by atoms with Gasteiger partial charge in [-0.25, -0.2) is 4.98 Å². The van der Waals surface area contributed by atoms with E-state index in [9.17, 15) is 20.2 Å². The van der Waals surface area contributed by atoms with Crippen molar-refractivity contribution in [2.45, 2.75) is 50.0 Å². The van der Waals surface area contributed by atoms with E-state index < -0.39 is 20.2 Å². The van der Waals surface area contributed by atoms with Gasteiger partial charge in [-0.15, -0.1) is 0 Å². The van der Waals surface area contributed by atoms with Crippen LogP contribution in [-0.4, -0.2) is 31.4 Å². The maximum atomic E-state index is 10.9. The maximum absolute atomic E-state index is 10.9. The van der Waals surface area contributed by atoms with Gasteiger partial charge in [0.25, 0.3) is 0 Å². The maximum Gasteiger partial charge on any atom is 0.570 e. The molecule has 0 atom stereocenters. The van der Waals surface area contributed by atoms with E-state index in [1.807, 2.05) is 0 Å². The minimum Gasteiger partial charge on any atom is -0.463 e. The number of halogens is 1. The van der Waals surface area contributed by atoms with Crippen molar-refractivity contribution < 1.29 is 14.6 Å². The highest BCUT2D eigenvalue weighted by Crippen LogP contribution is 2.30. The number of alkyl halides is 1. The van der Waals surface area contributed by atoms with E-state index in [2.05, 4.69) is 37.8 Å². The van der Waals surface area contributed by atoms with Gasteiger partial charge in [0.2, 0.25) is 0 Å². The molecule has 0 unspecified atom stereocenters. The molecule has 0 N–H and O–H groups in total. The van der Waals surface area contributed by atoms with Gasteiger partial charge in [-0.3, -0.25) is 20.2 Å². The molecule has 0 aliphatic heterocycles. The first-order valence-corrected chi connectivity index (χ1v) is 8.02. The Labute approximate surface area is 141 Å². The van der Waals surface area contributed by atoms with Crippen LogP contribution in [0.4, 0.5) is 0 Å². The van der Waals surface area contributed by atoms with Crippen LogP contribution < -0.4 is 4.74 Å². The fourth-order valence-corrected chi connectivity index (χ4v) is 1.97. The highest BCUT2D eigenvalue weighted by atomic mass is 79.9. The quantitative estimate of drug-likeness (QED) is 0.140. The van der Waals surface area contributed by atoms with Crippen LogP contribution in [0.5, 0.6) is 6.01 Å². The van der Waals surface area contributed by atoms with Gasteiger partial charge in [0.1, 0.15) is 32.1 Å². The molecular formula is C12H18BrN5O5. The zero-order valence-electron chi connectivity index (χ0n) is 12.7. The van der Waals surface area contributed by atoms with Crippen molar-refractivity contribution in [2.75, 3.05) is 6.61 Å². The number of hydrogen-bond donors (Lipinski definition) is 0. The molecule has 10 nitrogen and oxygen atoms in total. The van der Waals surface area contributed by atoms with Gasteiger partial charge < -0.3 is 4.74 Å². The molecular weight excluding hydrogens is 374 g/mol. The summed E-state index contributed by atoms with van der Waals surface area (Å²) < 4.78 is 2.47. The largest absolute Gasteiger partial charge is 0.570 e. The number of nitrogens with zero attached hydrogens (tertiary/aromatic N) is 5. The SMILES string of the molecule is CCCCCCCCOc1ncnc(C(Br)([N+](=O)[O-])[N+](=O)[O-])n1. The van der Waals surface area contributed by atoms with Crippen molar-refractivity contribution in [1.82, 2.24) is 15.0 Å². The predicted molar refractivity (Wildman–Crippen MR) is 83.3 cm³/mol. The average molecular weight is 392 g/mol. The highest BCUT2D eigenvalue weighted by Gasteiger charge is 2.59. The predicted octanol–water partition coefficient (Wildman–Crippen LogP) is 2.67. The molecule has 1 heterocycles. The Morgan fingerprint density at radius 2 is 1.74 bits per heavy atom. The van der Waals surface area contributed by atoms with Crippen molar-refractivity contribution in [3.63, 3.8) is 0 Å². The molecule has 128 valence electrons. The minimum absolute atomic E-state index is 0.170. The first kappa shape index (κ1) is 19.1. The Balaban J connectivity index is 2.60. The van der Waals surface area contributed by atoms with E-state index in [-0.39, 0.29) is 6.01 Å². The number of nitro groups is 2. The summed E-state index contributed by atoms with van der Waals surface area (Å²) >= 11 is 2.47. The van der Waals surface area contributed by atoms with Crippen LogP contribution in [0.3, 0.4) is 0 Å². The topological polar surface area (TPSA) is 134 Å². The summed E-state index contributed by atoms with van der Waals surface area (Å²) in [5, 5.41) is 21.9. The van der Waals surface area contributed by atoms with Crippen molar-refractivity contribution in [3.05, 3.63) is 32.4 Å². The molecule has 1 aromatic heterocycles. The Morgan fingerprint density at radius 3 is 2.35 bits per heavy atom. The summed E-state index contributed by atoms with van der Waals surface area (Å²) in [5.74, 6) is -0.638. The first-order chi connectivity index (χ1) is 10.9. The van der Waals surface area contributed by atoms with Crippen molar-refractivity contribution in [2.24, 2.45) is 0 Å². The molecule has 0 amide bonds. The summed E-state index contributed by atoms with van der Waals surface area (Å²) in [5.41, 5.74) is 0. The lowest BCUT2D eigenvalue weighted by Gasteiger charge is -2.09. The lowest BCUT2D eigenvalue weighted by Crippen LogP contribution is -2.39. The second-order valence-electron chi connectivity index (χ2n) is 4.81. The molecule has 0 saturated carbocycles. The molecule has 0 aliphatic carbocycles. The zero-order valence-corrected chi connectivity index (χ0v) is 14.3. The summed E-state index contributed by atoms with van der Waals surface area (Å²) in [6.45, 7) is 2.48. The van der Waals surface area contributed by atoms with Crippen molar-refractivity contribution in [1.29, 1.82) is 0 Å². The number of ether oxygens (including phenoxy) is 1. The third-order valence-electron chi connectivity index (χ3n) is 3.05. The Hall–Kier alpha value is -1.91. The van der Waals surface area contributed by atoms with Crippen LogP contribution in [0.1, 0.15) is 51.3 Å². The minimum atomic E-state index is -2.81. The third kappa shape index (κ3) is 5.34. The molecule has 0 radical (unpaired) electrons. The molecule has 0 fully saturated rings. The van der Waals surface area contributed by atoms with E-state index in [4.69, 9.17) is 4.74 Å². The van der Waals surface area contributed by atoms with Crippen molar-refractivity contribution >= 4 is 15.9 Å². The van der Waals surface area contributed by atoms with E-state index in [1.165, 1.54) is 19.3 Å². The van der Waals surface area contributed by atoms with E-state index in [1.54, 1.807) is 0 Å². The number of unbranched alkanes of at least 4 members (excludes halogenated alkanes) is 5. The standard InChI is InChI=1S/C12H18BrN5O5/c1-2-3-4-5-6-7-8-23-11-15-9-14-10(16-11)12(13,17(19)20)18(21)22/h9H,2-8H2,1H3. The Morgan fingerprint density at radius 1 is 1.13 bits per heavy atom. The second kappa shape index (κ2) is 9.28. The van der Waals surface area contributed by atoms with Gasteiger partial charge in [0.15, 0.2) is 0 Å². The molecule has 0 bridgehead atoms. The molecule has 11 heteroatoms. The summed E-state index contributed by atoms with van der Waals surface area (Å²) in [6, 6.07) is -0.170. The molecule has 1 aromatic rings. The molecule has 0 aromatic carbocycles. The smallest absolute Gasteiger partial charge is 0.463 e. The van der Waals surface area contributed by atoms with E-state index in [0.29, 0.717) is 6.61 Å². The van der Waals surface area contributed by atoms with Crippen LogP contribution in [0, 0.1) is 20.2 Å². The Bertz CT molecular complexity index is 530. The van der Waals surface area contributed by atoms with E-state index in [0.717, 1.165) is 25.6 Å². The van der Waals surface area contributed by atoms with Crippen molar-refractivity contribution in [3.8, 4) is 6.01 Å². The lowest BCUT2D eigenvalue weighted by molar-refractivity contribution is -0.772. The van der Waals surface area contributed by atoms with Crippen LogP contribution in [-0.2, 0) is 4.57 Å². The van der Waals surface area contributed by atoms with E-state index >= 15 is 0 Å². The van der Waals surface area contributed by atoms with Gasteiger partial charge in [-0.1, -0.05) is 39.0 Å². The normalized spacial score (nSPS) is 11.2. The highest BCUT2D eigenvalue weighted by molar-refractivity contribution is 9.09. The van der Waals surface area contributed by atoms with Gasteiger partial charge in [0, 0.05) is 0 Å². The number of aromatic nitrogens is 3. The first-order valence-electron chi connectivity index (χ1n) is 7.23. The molecule has 23 heavy (non-hydrogen) atoms. The lowest BCUT2D eigenvalue weighted by atomic mass is 10.1. The molecule has 0 aliphatic rings. The van der Waals surface area contributed by atoms with Crippen LogP contribution in [0.2, 0.25) is 0 Å². The average Bonchev–Trinajstić information content (AvgIpc) is 2.53. The van der Waals surface area contributed by atoms with Gasteiger partial charge in [-0.05, 0) is 6.42 Å². The molecule has 0 saturated heterocycles. The van der Waals surface area contributed by atoms with Gasteiger partial charge in [-0.2, -0.15) is 9.97 Å². The fourth-order valence-electron chi connectivity index (χ4n) is 1.78. The Kier molecular flexibility index (Phi) is 7.72. The summed E-state index contributed by atoms with van der Waals surface area (Å²) in [7, 11) is 0. The summed E-state index contributed by atoms with van der Waals surface area (Å²) in [4.78, 5) is 30.5. The van der Waals surface area contributed by atoms with Crippen LogP contribution >= 0.6 is 15.9 Å².